The number of aliphatic hydroxyl groups is 1. The number of imidazole rings is 1. The second kappa shape index (κ2) is 8.58. The first-order chi connectivity index (χ1) is 17.4. The van der Waals surface area contributed by atoms with E-state index in [1.165, 1.54) is 0 Å². The quantitative estimate of drug-likeness (QED) is 0.373. The highest BCUT2D eigenvalue weighted by molar-refractivity contribution is 6.29. The lowest BCUT2D eigenvalue weighted by atomic mass is 10.0. The molecule has 0 bridgehead atoms. The second-order valence-corrected chi connectivity index (χ2v) is 9.13. The van der Waals surface area contributed by atoms with Crippen molar-refractivity contribution in [3.05, 3.63) is 75.4 Å². The number of halogens is 1. The van der Waals surface area contributed by atoms with Crippen LogP contribution in [0.3, 0.4) is 0 Å². The Kier molecular flexibility index (Phi) is 5.35. The van der Waals surface area contributed by atoms with Gasteiger partial charge in [-0.05, 0) is 36.2 Å². The van der Waals surface area contributed by atoms with Gasteiger partial charge in [0.25, 0.3) is 5.56 Å². The van der Waals surface area contributed by atoms with Crippen molar-refractivity contribution >= 4 is 33.8 Å². The largest absolute Gasteiger partial charge is 0.474 e. The summed E-state index contributed by atoms with van der Waals surface area (Å²) in [6.07, 6.45) is 4.93. The summed E-state index contributed by atoms with van der Waals surface area (Å²) >= 11 is 6.07. The summed E-state index contributed by atoms with van der Waals surface area (Å²) in [5.74, 6) is 0.823. The van der Waals surface area contributed by atoms with Gasteiger partial charge in [0, 0.05) is 31.5 Å². The Labute approximate surface area is 210 Å². The van der Waals surface area contributed by atoms with E-state index in [2.05, 4.69) is 30.9 Å². The summed E-state index contributed by atoms with van der Waals surface area (Å²) in [6, 6.07) is 7.66. The lowest BCUT2D eigenvalue weighted by Gasteiger charge is -2.31. The van der Waals surface area contributed by atoms with Crippen LogP contribution in [0.15, 0.2) is 47.8 Å². The molecule has 0 radical (unpaired) electrons. The normalized spacial score (nSPS) is 13.3. The van der Waals surface area contributed by atoms with Gasteiger partial charge in [-0.2, -0.15) is 4.98 Å². The average molecular weight is 504 g/mol. The molecule has 6 rings (SSSR count). The van der Waals surface area contributed by atoms with Crippen LogP contribution in [0.25, 0.3) is 27.8 Å². The van der Waals surface area contributed by atoms with E-state index in [9.17, 15) is 9.90 Å². The topological polar surface area (TPSA) is 111 Å². The molecule has 0 aliphatic carbocycles. The van der Waals surface area contributed by atoms with Crippen molar-refractivity contribution in [2.75, 3.05) is 18.1 Å². The number of aromatic nitrogens is 6. The van der Waals surface area contributed by atoms with Gasteiger partial charge in [-0.1, -0.05) is 17.7 Å². The number of nitrogens with zero attached hydrogens (tertiary/aromatic N) is 7. The zero-order valence-electron chi connectivity index (χ0n) is 19.6. The summed E-state index contributed by atoms with van der Waals surface area (Å²) in [5.41, 5.74) is 5.37. The number of pyridine rings is 1. The first-order valence-corrected chi connectivity index (χ1v) is 11.8. The van der Waals surface area contributed by atoms with Crippen molar-refractivity contribution in [2.24, 2.45) is 7.05 Å². The molecule has 0 fully saturated rings. The monoisotopic (exact) mass is 503 g/mol. The average Bonchev–Trinajstić information content (AvgIpc) is 3.32. The van der Waals surface area contributed by atoms with Crippen LogP contribution in [0.4, 0.5) is 5.69 Å². The zero-order valence-corrected chi connectivity index (χ0v) is 20.4. The molecule has 5 heterocycles. The fraction of sp³-hybridized carbons (Fsp3) is 0.240. The van der Waals surface area contributed by atoms with Crippen molar-refractivity contribution in [1.82, 2.24) is 28.9 Å². The fourth-order valence-electron chi connectivity index (χ4n) is 4.79. The number of fused-ring (bicyclic) bond motifs is 4. The third-order valence-electron chi connectivity index (χ3n) is 6.40. The highest BCUT2D eigenvalue weighted by Crippen LogP contribution is 2.33. The first kappa shape index (κ1) is 22.4. The summed E-state index contributed by atoms with van der Waals surface area (Å²) < 4.78 is 9.27. The Morgan fingerprint density at radius 3 is 2.75 bits per heavy atom. The molecule has 1 aliphatic rings. The summed E-state index contributed by atoms with van der Waals surface area (Å²) in [5, 5.41) is 10.3. The van der Waals surface area contributed by atoms with E-state index in [1.54, 1.807) is 36.4 Å². The molecule has 10 nitrogen and oxygen atoms in total. The van der Waals surface area contributed by atoms with Crippen LogP contribution in [0, 0.1) is 6.92 Å². The number of rotatable bonds is 4. The van der Waals surface area contributed by atoms with Crippen LogP contribution in [-0.2, 0) is 20.2 Å². The van der Waals surface area contributed by atoms with Gasteiger partial charge in [-0.15, -0.1) is 0 Å². The Balaban J connectivity index is 1.56. The number of hydrogen-bond donors (Lipinski definition) is 1. The van der Waals surface area contributed by atoms with E-state index in [0.717, 1.165) is 22.3 Å². The highest BCUT2D eigenvalue weighted by Gasteiger charge is 2.23. The van der Waals surface area contributed by atoms with Crippen LogP contribution in [0.2, 0.25) is 5.15 Å². The standard InChI is InChI=1S/C25H22ClN7O3/c1-14-7-15(11-32-5-6-36-23-18(32)3-4-19(26)30-23)22-17(8-14)25(35)31(2)24-21(29-13-33(22)24)16-9-27-20(12-34)28-10-16/h3-4,7-10,13,34H,5-6,11-12H2,1-2H3. The highest BCUT2D eigenvalue weighted by atomic mass is 35.5. The van der Waals surface area contributed by atoms with Crippen LogP contribution in [-0.4, -0.2) is 47.2 Å². The van der Waals surface area contributed by atoms with Crippen molar-refractivity contribution in [2.45, 2.75) is 20.1 Å². The molecule has 0 unspecified atom stereocenters. The van der Waals surface area contributed by atoms with Crippen molar-refractivity contribution in [1.29, 1.82) is 0 Å². The van der Waals surface area contributed by atoms with E-state index in [1.807, 2.05) is 23.5 Å². The Bertz CT molecular complexity index is 1700. The zero-order chi connectivity index (χ0) is 25.0. The maximum atomic E-state index is 13.6. The van der Waals surface area contributed by atoms with Crippen LogP contribution in [0.5, 0.6) is 5.88 Å². The van der Waals surface area contributed by atoms with Gasteiger partial charge < -0.3 is 14.7 Å². The molecule has 5 aromatic rings. The van der Waals surface area contributed by atoms with Gasteiger partial charge in [0.05, 0.1) is 17.4 Å². The SMILES string of the molecule is Cc1cc(CN2CCOc3nc(Cl)ccc32)c2c(c1)c(=O)n(C)c1c(-c3cnc(CO)nc3)ncn21. The molecule has 4 aromatic heterocycles. The van der Waals surface area contributed by atoms with Crippen LogP contribution >= 0.6 is 11.6 Å². The van der Waals surface area contributed by atoms with Gasteiger partial charge in [0.15, 0.2) is 5.82 Å². The van der Waals surface area contributed by atoms with Crippen molar-refractivity contribution in [3.8, 4) is 17.1 Å². The molecule has 182 valence electrons. The molecule has 1 aliphatic heterocycles. The number of benzene rings is 1. The van der Waals surface area contributed by atoms with E-state index in [-0.39, 0.29) is 12.2 Å². The lowest BCUT2D eigenvalue weighted by molar-refractivity contribution is 0.271. The molecule has 0 spiro atoms. The molecule has 0 saturated carbocycles. The summed E-state index contributed by atoms with van der Waals surface area (Å²) in [6.45, 7) is 3.44. The lowest BCUT2D eigenvalue weighted by Crippen LogP contribution is -2.33. The van der Waals surface area contributed by atoms with Gasteiger partial charge in [-0.3, -0.25) is 13.8 Å². The molecular formula is C25H22ClN7O3. The Morgan fingerprint density at radius 2 is 1.97 bits per heavy atom. The van der Waals surface area contributed by atoms with E-state index < -0.39 is 0 Å². The van der Waals surface area contributed by atoms with Gasteiger partial charge in [-0.25, -0.2) is 15.0 Å². The Morgan fingerprint density at radius 1 is 1.17 bits per heavy atom. The molecule has 0 atom stereocenters. The summed E-state index contributed by atoms with van der Waals surface area (Å²) in [7, 11) is 1.74. The predicted molar refractivity (Wildman–Crippen MR) is 135 cm³/mol. The molecule has 0 amide bonds. The number of aliphatic hydroxyl groups excluding tert-OH is 1. The molecule has 0 saturated heterocycles. The van der Waals surface area contributed by atoms with E-state index >= 15 is 0 Å². The first-order valence-electron chi connectivity index (χ1n) is 11.4. The third kappa shape index (κ3) is 3.57. The number of aryl methyl sites for hydroxylation is 2. The predicted octanol–water partition coefficient (Wildman–Crippen LogP) is 2.89. The van der Waals surface area contributed by atoms with Crippen LogP contribution < -0.4 is 15.2 Å². The molecule has 11 heteroatoms. The number of hydrogen-bond acceptors (Lipinski definition) is 8. The minimum absolute atomic E-state index is 0.118. The molecule has 36 heavy (non-hydrogen) atoms. The van der Waals surface area contributed by atoms with Gasteiger partial charge in [0.2, 0.25) is 5.88 Å². The molecule has 1 N–H and O–H groups in total. The maximum absolute atomic E-state index is 13.6. The smallest absolute Gasteiger partial charge is 0.261 e. The minimum atomic E-state index is -0.248. The number of anilines is 1. The Hall–Kier alpha value is -4.02. The maximum Gasteiger partial charge on any atom is 0.261 e. The minimum Gasteiger partial charge on any atom is -0.474 e. The van der Waals surface area contributed by atoms with Crippen LogP contribution in [0.1, 0.15) is 17.0 Å². The van der Waals surface area contributed by atoms with E-state index in [0.29, 0.717) is 58.8 Å². The van der Waals surface area contributed by atoms with E-state index in [4.69, 9.17) is 16.3 Å². The molecular weight excluding hydrogens is 482 g/mol. The van der Waals surface area contributed by atoms with Crippen molar-refractivity contribution in [3.63, 3.8) is 0 Å². The van der Waals surface area contributed by atoms with Gasteiger partial charge >= 0.3 is 0 Å². The van der Waals surface area contributed by atoms with Crippen molar-refractivity contribution < 1.29 is 9.84 Å². The summed E-state index contributed by atoms with van der Waals surface area (Å²) in [4.78, 5) is 33.0. The third-order valence-corrected chi connectivity index (χ3v) is 6.61. The molecule has 1 aromatic carbocycles. The number of ether oxygens (including phenoxy) is 1. The second-order valence-electron chi connectivity index (χ2n) is 8.75. The van der Waals surface area contributed by atoms with Gasteiger partial charge in [0.1, 0.15) is 41.7 Å². The fourth-order valence-corrected chi connectivity index (χ4v) is 4.93.